The molecule has 0 aliphatic heterocycles. The second-order valence-corrected chi connectivity index (χ2v) is 6.58. The summed E-state index contributed by atoms with van der Waals surface area (Å²) in [6.07, 6.45) is 0. The van der Waals surface area contributed by atoms with Crippen LogP contribution in [0, 0.1) is 13.8 Å². The van der Waals surface area contributed by atoms with Crippen LogP contribution in [0.3, 0.4) is 0 Å². The van der Waals surface area contributed by atoms with Gasteiger partial charge in [-0.1, -0.05) is 6.07 Å². The Morgan fingerprint density at radius 1 is 1.33 bits per heavy atom. The summed E-state index contributed by atoms with van der Waals surface area (Å²) in [6.45, 7) is 6.76. The van der Waals surface area contributed by atoms with Crippen LogP contribution in [0.25, 0.3) is 10.7 Å². The van der Waals surface area contributed by atoms with E-state index < -0.39 is 6.04 Å². The quantitative estimate of drug-likeness (QED) is 0.719. The summed E-state index contributed by atoms with van der Waals surface area (Å²) in [7, 11) is 0. The van der Waals surface area contributed by atoms with E-state index in [9.17, 15) is 9.59 Å². The number of carbonyl (C=O) groups excluding carboxylic acids is 2. The maximum atomic E-state index is 12.8. The van der Waals surface area contributed by atoms with E-state index in [1.165, 1.54) is 23.1 Å². The normalized spacial score (nSPS) is 12.3. The first kappa shape index (κ1) is 16.3. The molecule has 0 radical (unpaired) electrons. The first-order valence-electron chi connectivity index (χ1n) is 7.47. The summed E-state index contributed by atoms with van der Waals surface area (Å²) in [5, 5.41) is 14.2. The van der Waals surface area contributed by atoms with Crippen LogP contribution >= 0.6 is 11.3 Å². The number of aromatic amines is 1. The average Bonchev–Trinajstić information content (AvgIpc) is 3.24. The summed E-state index contributed by atoms with van der Waals surface area (Å²) in [5.41, 5.74) is 2.34. The van der Waals surface area contributed by atoms with Gasteiger partial charge < -0.3 is 4.98 Å². The molecule has 0 fully saturated rings. The lowest BCUT2D eigenvalue weighted by molar-refractivity contribution is 0.0913. The van der Waals surface area contributed by atoms with E-state index in [-0.39, 0.29) is 11.6 Å². The van der Waals surface area contributed by atoms with Gasteiger partial charge in [-0.2, -0.15) is 4.80 Å². The van der Waals surface area contributed by atoms with Crippen molar-refractivity contribution in [1.82, 2.24) is 25.2 Å². The molecule has 0 aliphatic carbocycles. The minimum absolute atomic E-state index is 0.0631. The number of hydrogen-bond donors (Lipinski definition) is 1. The lowest BCUT2D eigenvalue weighted by Gasteiger charge is -2.08. The Morgan fingerprint density at radius 3 is 2.67 bits per heavy atom. The van der Waals surface area contributed by atoms with E-state index in [0.29, 0.717) is 28.3 Å². The number of hydrogen-bond acceptors (Lipinski definition) is 6. The Bertz CT molecular complexity index is 907. The largest absolute Gasteiger partial charge is 0.355 e. The summed E-state index contributed by atoms with van der Waals surface area (Å²) in [5.74, 6) is 0.249. The third-order valence-corrected chi connectivity index (χ3v) is 4.80. The molecule has 8 heteroatoms. The van der Waals surface area contributed by atoms with E-state index in [1.54, 1.807) is 20.8 Å². The summed E-state index contributed by atoms with van der Waals surface area (Å²) >= 11 is 1.51. The number of aromatic nitrogens is 5. The minimum Gasteiger partial charge on any atom is -0.355 e. The van der Waals surface area contributed by atoms with Gasteiger partial charge in [0.1, 0.15) is 6.04 Å². The molecule has 3 rings (SSSR count). The van der Waals surface area contributed by atoms with Crippen molar-refractivity contribution in [2.24, 2.45) is 0 Å². The lowest BCUT2D eigenvalue weighted by Crippen LogP contribution is -2.20. The van der Waals surface area contributed by atoms with Gasteiger partial charge in [0.15, 0.2) is 5.78 Å². The second kappa shape index (κ2) is 6.12. The van der Waals surface area contributed by atoms with Crippen LogP contribution in [0.15, 0.2) is 17.5 Å². The predicted octanol–water partition coefficient (Wildman–Crippen LogP) is 2.99. The molecule has 0 amide bonds. The summed E-state index contributed by atoms with van der Waals surface area (Å²) in [6, 6.07) is 3.18. The summed E-state index contributed by atoms with van der Waals surface area (Å²) in [4.78, 5) is 29.7. The Hall–Kier alpha value is -2.61. The molecule has 3 aromatic rings. The fourth-order valence-electron chi connectivity index (χ4n) is 2.73. The molecule has 0 saturated carbocycles. The van der Waals surface area contributed by atoms with Gasteiger partial charge in [0.2, 0.25) is 11.6 Å². The number of nitrogens with zero attached hydrogens (tertiary/aromatic N) is 4. The number of H-pyrrole nitrogens is 1. The molecule has 1 N–H and O–H groups in total. The molecule has 0 aliphatic rings. The molecule has 0 bridgehead atoms. The number of rotatable bonds is 5. The van der Waals surface area contributed by atoms with E-state index in [1.807, 2.05) is 17.5 Å². The minimum atomic E-state index is -0.622. The smallest absolute Gasteiger partial charge is 0.214 e. The first-order chi connectivity index (χ1) is 11.4. The molecule has 3 aromatic heterocycles. The highest BCUT2D eigenvalue weighted by Crippen LogP contribution is 2.24. The molecule has 124 valence electrons. The molecule has 0 aromatic carbocycles. The van der Waals surface area contributed by atoms with Crippen molar-refractivity contribution in [2.75, 3.05) is 0 Å². The number of ketones is 2. The van der Waals surface area contributed by atoms with Gasteiger partial charge in [-0.15, -0.1) is 21.5 Å². The molecule has 3 heterocycles. The number of thiophene rings is 1. The van der Waals surface area contributed by atoms with Gasteiger partial charge in [-0.05, 0) is 49.9 Å². The van der Waals surface area contributed by atoms with Crippen molar-refractivity contribution in [3.05, 3.63) is 40.0 Å². The highest BCUT2D eigenvalue weighted by molar-refractivity contribution is 7.13. The molecular weight excluding hydrogens is 326 g/mol. The van der Waals surface area contributed by atoms with Gasteiger partial charge >= 0.3 is 0 Å². The molecule has 0 spiro atoms. The molecule has 7 nitrogen and oxygen atoms in total. The zero-order valence-corrected chi connectivity index (χ0v) is 14.6. The third kappa shape index (κ3) is 2.69. The van der Waals surface area contributed by atoms with Gasteiger partial charge in [-0.25, -0.2) is 0 Å². The maximum Gasteiger partial charge on any atom is 0.214 e. The van der Waals surface area contributed by atoms with Crippen LogP contribution in [0.5, 0.6) is 0 Å². The van der Waals surface area contributed by atoms with Crippen molar-refractivity contribution in [3.8, 4) is 10.7 Å². The van der Waals surface area contributed by atoms with Crippen molar-refractivity contribution in [3.63, 3.8) is 0 Å². The predicted molar refractivity (Wildman–Crippen MR) is 90.4 cm³/mol. The van der Waals surface area contributed by atoms with E-state index >= 15 is 0 Å². The zero-order valence-electron chi connectivity index (χ0n) is 13.8. The topological polar surface area (TPSA) is 93.5 Å². The van der Waals surface area contributed by atoms with Crippen molar-refractivity contribution >= 4 is 22.9 Å². The number of Topliss-reactive ketones (excluding diaryl/α,β-unsaturated/α-hetero) is 2. The van der Waals surface area contributed by atoms with Crippen LogP contribution in [-0.2, 0) is 0 Å². The molecule has 1 unspecified atom stereocenters. The monoisotopic (exact) mass is 343 g/mol. The van der Waals surface area contributed by atoms with Crippen molar-refractivity contribution < 1.29 is 9.59 Å². The number of aryl methyl sites for hydroxylation is 1. The SMILES string of the molecule is CC(=O)c1c(C)[nH]c(C(=O)C(C)n2nnc(-c3cccs3)n2)c1C. The molecular formula is C16H17N5O2S. The standard InChI is InChI=1S/C16H17N5O2S/c1-8-13(11(4)22)9(2)17-14(8)15(23)10(3)21-19-16(18-20-21)12-6-5-7-24-12/h5-7,10,17H,1-4H3. The van der Waals surface area contributed by atoms with Gasteiger partial charge in [-0.3, -0.25) is 9.59 Å². The molecule has 24 heavy (non-hydrogen) atoms. The van der Waals surface area contributed by atoms with Crippen LogP contribution in [0.4, 0.5) is 0 Å². The highest BCUT2D eigenvalue weighted by Gasteiger charge is 2.26. The Balaban J connectivity index is 1.91. The fourth-order valence-corrected chi connectivity index (χ4v) is 3.38. The van der Waals surface area contributed by atoms with Crippen molar-refractivity contribution in [2.45, 2.75) is 33.7 Å². The van der Waals surface area contributed by atoms with Crippen LogP contribution in [0.2, 0.25) is 0 Å². The highest BCUT2D eigenvalue weighted by atomic mass is 32.1. The van der Waals surface area contributed by atoms with E-state index in [4.69, 9.17) is 0 Å². The Labute approximate surface area is 142 Å². The lowest BCUT2D eigenvalue weighted by atomic mass is 10.0. The van der Waals surface area contributed by atoms with Gasteiger partial charge in [0.05, 0.1) is 10.6 Å². The van der Waals surface area contributed by atoms with Crippen LogP contribution in [-0.4, -0.2) is 36.8 Å². The van der Waals surface area contributed by atoms with Crippen LogP contribution in [0.1, 0.15) is 52.0 Å². The van der Waals surface area contributed by atoms with Crippen LogP contribution < -0.4 is 0 Å². The Morgan fingerprint density at radius 2 is 2.08 bits per heavy atom. The number of nitrogens with one attached hydrogen (secondary N) is 1. The molecule has 0 saturated heterocycles. The molecule has 1 atom stereocenters. The zero-order chi connectivity index (χ0) is 17.4. The van der Waals surface area contributed by atoms with Gasteiger partial charge in [0, 0.05) is 11.3 Å². The second-order valence-electron chi connectivity index (χ2n) is 5.63. The average molecular weight is 343 g/mol. The Kier molecular flexibility index (Phi) is 4.15. The fraction of sp³-hybridized carbons (Fsp3) is 0.312. The van der Waals surface area contributed by atoms with E-state index in [2.05, 4.69) is 20.4 Å². The summed E-state index contributed by atoms with van der Waals surface area (Å²) < 4.78 is 0. The van der Waals surface area contributed by atoms with Gasteiger partial charge in [0.25, 0.3) is 0 Å². The van der Waals surface area contributed by atoms with E-state index in [0.717, 1.165) is 4.88 Å². The maximum absolute atomic E-state index is 12.8. The third-order valence-electron chi connectivity index (χ3n) is 3.93. The number of carbonyl (C=O) groups is 2. The first-order valence-corrected chi connectivity index (χ1v) is 8.35. The van der Waals surface area contributed by atoms with Crippen molar-refractivity contribution in [1.29, 1.82) is 0 Å². The number of tetrazole rings is 1.